The van der Waals surface area contributed by atoms with E-state index in [1.54, 1.807) is 20.3 Å². The number of benzene rings is 2. The van der Waals surface area contributed by atoms with Crippen molar-refractivity contribution < 1.29 is 17.6 Å². The summed E-state index contributed by atoms with van der Waals surface area (Å²) < 4.78 is 60.4. The fraction of sp³-hybridized carbons (Fsp3) is 0.182. The molecule has 0 saturated heterocycles. The van der Waals surface area contributed by atoms with E-state index in [4.69, 9.17) is 0 Å². The van der Waals surface area contributed by atoms with Crippen LogP contribution < -0.4 is 16.7 Å². The average molecular weight is 515 g/mol. The third kappa shape index (κ3) is 4.57. The van der Waals surface area contributed by atoms with E-state index in [-0.39, 0.29) is 23.6 Å². The van der Waals surface area contributed by atoms with Crippen molar-refractivity contribution in [3.05, 3.63) is 92.4 Å². The number of anilines is 2. The number of aryl methyl sites for hydroxylation is 2. The predicted octanol–water partition coefficient (Wildman–Crippen LogP) is 1.82. The molecule has 37 heavy (non-hydrogen) atoms. The lowest BCUT2D eigenvalue weighted by Gasteiger charge is -2.16. The van der Waals surface area contributed by atoms with E-state index in [2.05, 4.69) is 25.5 Å². The van der Waals surface area contributed by atoms with E-state index < -0.39 is 47.1 Å². The highest BCUT2D eigenvalue weighted by Gasteiger charge is 2.19. The Balaban J connectivity index is 1.63. The molecule has 190 valence electrons. The zero-order chi connectivity index (χ0) is 26.4. The first-order chi connectivity index (χ1) is 17.6. The van der Waals surface area contributed by atoms with Crippen LogP contribution in [0.2, 0.25) is 0 Å². The number of rotatable bonds is 6. The molecule has 3 heterocycles. The molecule has 0 radical (unpaired) electrons. The van der Waals surface area contributed by atoms with Gasteiger partial charge in [-0.3, -0.25) is 13.9 Å². The molecule has 0 amide bonds. The Morgan fingerprint density at radius 1 is 0.865 bits per heavy atom. The molecule has 0 saturated carbocycles. The van der Waals surface area contributed by atoms with Gasteiger partial charge in [0.2, 0.25) is 5.95 Å². The van der Waals surface area contributed by atoms with Crippen molar-refractivity contribution >= 4 is 22.5 Å². The van der Waals surface area contributed by atoms with Gasteiger partial charge in [0.1, 0.15) is 12.1 Å². The molecule has 5 rings (SSSR count). The van der Waals surface area contributed by atoms with Gasteiger partial charge < -0.3 is 5.32 Å². The first-order valence-corrected chi connectivity index (χ1v) is 10.7. The molecule has 11 nitrogen and oxygen atoms in total. The van der Waals surface area contributed by atoms with Gasteiger partial charge in [0.15, 0.2) is 23.3 Å². The number of nitrogens with zero attached hydrogens (tertiary/aromatic N) is 8. The first-order valence-electron chi connectivity index (χ1n) is 10.7. The second-order valence-electron chi connectivity index (χ2n) is 8.20. The zero-order valence-electron chi connectivity index (χ0n) is 19.3. The molecular weight excluding hydrogens is 498 g/mol. The van der Waals surface area contributed by atoms with Crippen molar-refractivity contribution in [2.45, 2.75) is 13.1 Å². The normalized spacial score (nSPS) is 11.4. The first kappa shape index (κ1) is 23.9. The maximum absolute atomic E-state index is 14.8. The molecule has 0 spiro atoms. The summed E-state index contributed by atoms with van der Waals surface area (Å²) in [6.45, 7) is -0.886. The Kier molecular flexibility index (Phi) is 5.81. The lowest BCUT2D eigenvalue weighted by Crippen LogP contribution is -2.43. The molecule has 0 bridgehead atoms. The van der Waals surface area contributed by atoms with E-state index in [1.165, 1.54) is 21.8 Å². The van der Waals surface area contributed by atoms with E-state index in [0.717, 1.165) is 10.6 Å². The van der Waals surface area contributed by atoms with Gasteiger partial charge in [-0.15, -0.1) is 0 Å². The van der Waals surface area contributed by atoms with Crippen molar-refractivity contribution in [3.8, 4) is 0 Å². The van der Waals surface area contributed by atoms with E-state index >= 15 is 0 Å². The molecule has 0 aliphatic carbocycles. The molecule has 1 N–H and O–H groups in total. The molecule has 0 fully saturated rings. The van der Waals surface area contributed by atoms with Crippen molar-refractivity contribution in [1.82, 2.24) is 38.7 Å². The SMILES string of the molecule is Cn1cnc(Cn2c(=O)nc(Nc3cc4cn(C)nc4cc3F)n(Cc3cc(F)c(F)c(F)c3)c2=O)n1. The van der Waals surface area contributed by atoms with E-state index in [0.29, 0.717) is 27.6 Å². The lowest BCUT2D eigenvalue weighted by atomic mass is 10.2. The standard InChI is InChI=1S/C22H17F4N9O2/c1-32-8-12-5-17(13(23)6-16(12)30-32)28-20-29-21(36)35(9-18-27-10-33(2)31-18)22(37)34(20)7-11-3-14(24)19(26)15(25)4-11/h3-6,8,10H,7,9H2,1-2H3,(H,28,29,36). The summed E-state index contributed by atoms with van der Waals surface area (Å²) in [5.41, 5.74) is -1.88. The fourth-order valence-corrected chi connectivity index (χ4v) is 3.77. The van der Waals surface area contributed by atoms with Gasteiger partial charge >= 0.3 is 11.4 Å². The zero-order valence-corrected chi connectivity index (χ0v) is 19.3. The summed E-state index contributed by atoms with van der Waals surface area (Å²) in [6.07, 6.45) is 2.99. The number of aromatic nitrogens is 8. The lowest BCUT2D eigenvalue weighted by molar-refractivity contribution is 0.444. The molecule has 0 aliphatic heterocycles. The summed E-state index contributed by atoms with van der Waals surface area (Å²) in [7, 11) is 3.25. The van der Waals surface area contributed by atoms with Crippen LogP contribution in [0.15, 0.2) is 46.4 Å². The molecule has 0 aliphatic rings. The van der Waals surface area contributed by atoms with Gasteiger partial charge in [0.25, 0.3) is 0 Å². The minimum absolute atomic E-state index is 0.128. The van der Waals surface area contributed by atoms with Gasteiger partial charge in [0.05, 0.1) is 24.3 Å². The predicted molar refractivity (Wildman–Crippen MR) is 122 cm³/mol. The second-order valence-corrected chi connectivity index (χ2v) is 8.20. The van der Waals surface area contributed by atoms with E-state index in [1.807, 2.05) is 0 Å². The topological polar surface area (TPSA) is 117 Å². The Bertz CT molecular complexity index is 1760. The van der Waals surface area contributed by atoms with Gasteiger partial charge in [-0.25, -0.2) is 36.7 Å². The van der Waals surface area contributed by atoms with Crippen LogP contribution in [0.4, 0.5) is 29.2 Å². The van der Waals surface area contributed by atoms with Crippen molar-refractivity contribution in [2.24, 2.45) is 14.1 Å². The molecule has 0 unspecified atom stereocenters. The van der Waals surface area contributed by atoms with E-state index in [9.17, 15) is 27.2 Å². The maximum Gasteiger partial charge on any atom is 0.355 e. The molecule has 0 atom stereocenters. The summed E-state index contributed by atoms with van der Waals surface area (Å²) in [5.74, 6) is -5.65. The van der Waals surface area contributed by atoms with Crippen LogP contribution in [0.3, 0.4) is 0 Å². The highest BCUT2D eigenvalue weighted by atomic mass is 19.2. The molecule has 15 heteroatoms. The summed E-state index contributed by atoms with van der Waals surface area (Å²) in [5, 5.41) is 11.3. The van der Waals surface area contributed by atoms with Crippen LogP contribution in [0.5, 0.6) is 0 Å². The van der Waals surface area contributed by atoms with Crippen LogP contribution >= 0.6 is 0 Å². The van der Waals surface area contributed by atoms with Crippen molar-refractivity contribution in [3.63, 3.8) is 0 Å². The monoisotopic (exact) mass is 515 g/mol. The third-order valence-electron chi connectivity index (χ3n) is 5.43. The number of hydrogen-bond donors (Lipinski definition) is 1. The van der Waals surface area contributed by atoms with Crippen LogP contribution in [0.25, 0.3) is 10.9 Å². The fourth-order valence-electron chi connectivity index (χ4n) is 3.77. The number of hydrogen-bond acceptors (Lipinski definition) is 7. The number of fused-ring (bicyclic) bond motifs is 1. The minimum Gasteiger partial charge on any atom is -0.323 e. The quantitative estimate of drug-likeness (QED) is 0.271. The minimum atomic E-state index is -1.68. The van der Waals surface area contributed by atoms with Gasteiger partial charge in [-0.2, -0.15) is 15.2 Å². The van der Waals surface area contributed by atoms with Crippen LogP contribution in [0.1, 0.15) is 11.4 Å². The number of nitrogens with one attached hydrogen (secondary N) is 1. The van der Waals surface area contributed by atoms with Gasteiger partial charge in [-0.1, -0.05) is 0 Å². The average Bonchev–Trinajstić information content (AvgIpc) is 3.41. The maximum atomic E-state index is 14.8. The third-order valence-corrected chi connectivity index (χ3v) is 5.43. The molecule has 5 aromatic rings. The highest BCUT2D eigenvalue weighted by molar-refractivity contribution is 5.83. The van der Waals surface area contributed by atoms with Crippen molar-refractivity contribution in [2.75, 3.05) is 5.32 Å². The van der Waals surface area contributed by atoms with Crippen LogP contribution in [-0.2, 0) is 27.2 Å². The largest absolute Gasteiger partial charge is 0.355 e. The van der Waals surface area contributed by atoms with Crippen LogP contribution in [0, 0.1) is 23.3 Å². The Labute approximate surface area is 204 Å². The molecule has 2 aromatic carbocycles. The van der Waals surface area contributed by atoms with Gasteiger partial charge in [0, 0.05) is 31.7 Å². The highest BCUT2D eigenvalue weighted by Crippen LogP contribution is 2.24. The Morgan fingerprint density at radius 2 is 1.59 bits per heavy atom. The molecular formula is C22H17F4N9O2. The van der Waals surface area contributed by atoms with Crippen molar-refractivity contribution in [1.29, 1.82) is 0 Å². The summed E-state index contributed by atoms with van der Waals surface area (Å²) >= 11 is 0. The Hall–Kier alpha value is -4.82. The second kappa shape index (κ2) is 9.00. The number of halogens is 4. The summed E-state index contributed by atoms with van der Waals surface area (Å²) in [6, 6.07) is 3.95. The Morgan fingerprint density at radius 3 is 2.27 bits per heavy atom. The summed E-state index contributed by atoms with van der Waals surface area (Å²) in [4.78, 5) is 34.0. The van der Waals surface area contributed by atoms with Crippen LogP contribution in [-0.4, -0.2) is 38.7 Å². The smallest absolute Gasteiger partial charge is 0.323 e. The molecule has 3 aromatic heterocycles. The van der Waals surface area contributed by atoms with Gasteiger partial charge in [-0.05, 0) is 23.8 Å².